The van der Waals surface area contributed by atoms with E-state index in [1.165, 1.54) is 7.11 Å². The molecule has 0 radical (unpaired) electrons. The first-order valence-corrected chi connectivity index (χ1v) is 13.4. The number of halogens is 1. The molecule has 3 aromatic carbocycles. The van der Waals surface area contributed by atoms with Crippen molar-refractivity contribution in [1.82, 2.24) is 0 Å². The average molecular weight is 505 g/mol. The fourth-order valence-corrected chi connectivity index (χ4v) is 4.96. The molecule has 2 atom stereocenters. The number of hydrogen-bond donors (Lipinski definition) is 1. The summed E-state index contributed by atoms with van der Waals surface area (Å²) in [5.41, 5.74) is 0.951. The second-order valence-electron chi connectivity index (χ2n) is 7.47. The van der Waals surface area contributed by atoms with Gasteiger partial charge in [-0.3, -0.25) is 4.79 Å². The maximum atomic E-state index is 13.2. The number of rotatable bonds is 10. The molecule has 0 heterocycles. The fourth-order valence-electron chi connectivity index (χ4n) is 3.61. The van der Waals surface area contributed by atoms with Gasteiger partial charge in [0.1, 0.15) is 6.10 Å². The van der Waals surface area contributed by atoms with Crippen LogP contribution in [0.1, 0.15) is 36.5 Å². The first-order valence-electron chi connectivity index (χ1n) is 10.4. The third-order valence-corrected chi connectivity index (χ3v) is 7.30. The highest BCUT2D eigenvalue weighted by atomic mass is 35.5. The molecule has 0 amide bonds. The summed E-state index contributed by atoms with van der Waals surface area (Å²) in [5.74, 6) is -0.443. The van der Waals surface area contributed by atoms with Crippen molar-refractivity contribution in [1.29, 1.82) is 0 Å². The molecule has 0 saturated heterocycles. The molecule has 0 aliphatic heterocycles. The van der Waals surface area contributed by atoms with Crippen molar-refractivity contribution in [3.05, 3.63) is 107 Å². The lowest BCUT2D eigenvalue weighted by atomic mass is 9.80. The molecule has 0 aliphatic rings. The van der Waals surface area contributed by atoms with Crippen molar-refractivity contribution in [3.63, 3.8) is 0 Å². The maximum absolute atomic E-state index is 13.2. The zero-order chi connectivity index (χ0) is 23.9. The molecule has 2 unspecified atom stereocenters. The zero-order valence-electron chi connectivity index (χ0n) is 18.4. The number of hydrogen-bond acceptors (Lipinski definition) is 6. The molecule has 0 spiro atoms. The summed E-state index contributed by atoms with van der Waals surface area (Å²) in [5, 5.41) is 0.482. The smallest absolute Gasteiger partial charge is 0.307 e. The van der Waals surface area contributed by atoms with E-state index < -0.39 is 24.8 Å². The van der Waals surface area contributed by atoms with Gasteiger partial charge >= 0.3 is 5.97 Å². The highest BCUT2D eigenvalue weighted by Gasteiger charge is 2.42. The van der Waals surface area contributed by atoms with E-state index in [0.29, 0.717) is 17.0 Å². The van der Waals surface area contributed by atoms with Crippen molar-refractivity contribution >= 4 is 37.0 Å². The van der Waals surface area contributed by atoms with Crippen LogP contribution in [0.3, 0.4) is 0 Å². The van der Waals surface area contributed by atoms with Gasteiger partial charge in [-0.1, -0.05) is 90.5 Å². The van der Waals surface area contributed by atoms with Crippen molar-refractivity contribution in [3.8, 4) is 0 Å². The Morgan fingerprint density at radius 2 is 1.52 bits per heavy atom. The Balaban J connectivity index is 1.99. The second-order valence-corrected chi connectivity index (χ2v) is 10.8. The Morgan fingerprint density at radius 1 is 1.00 bits per heavy atom. The molecule has 0 fully saturated rings. The predicted molar refractivity (Wildman–Crippen MR) is 134 cm³/mol. The van der Waals surface area contributed by atoms with Gasteiger partial charge in [-0.15, -0.1) is 0 Å². The Kier molecular flexibility index (Phi) is 8.94. The summed E-state index contributed by atoms with van der Waals surface area (Å²) in [6.07, 6.45) is -0.147. The Bertz CT molecular complexity index is 1010. The van der Waals surface area contributed by atoms with Gasteiger partial charge in [0.2, 0.25) is 0 Å². The zero-order valence-corrected chi connectivity index (χ0v) is 20.9. The minimum atomic E-state index is -3.32. The van der Waals surface area contributed by atoms with Crippen molar-refractivity contribution in [2.75, 3.05) is 7.11 Å². The van der Waals surface area contributed by atoms with E-state index in [1.54, 1.807) is 13.0 Å². The van der Waals surface area contributed by atoms with E-state index in [0.717, 1.165) is 11.1 Å². The van der Waals surface area contributed by atoms with Crippen LogP contribution < -0.4 is 0 Å². The molecule has 1 N–H and O–H groups in total. The number of esters is 1. The van der Waals surface area contributed by atoms with Crippen LogP contribution in [-0.2, 0) is 36.4 Å². The molecule has 0 bridgehead atoms. The van der Waals surface area contributed by atoms with Crippen LogP contribution in [0, 0.1) is 0 Å². The first-order chi connectivity index (χ1) is 15.8. The monoisotopic (exact) mass is 504 g/mol. The van der Waals surface area contributed by atoms with E-state index in [-0.39, 0.29) is 6.42 Å². The molecular weight excluding hydrogens is 479 g/mol. The number of benzene rings is 3. The summed E-state index contributed by atoms with van der Waals surface area (Å²) in [6.45, 7) is 1.72. The quantitative estimate of drug-likeness (QED) is 0.153. The lowest BCUT2D eigenvalue weighted by molar-refractivity contribution is -0.154. The van der Waals surface area contributed by atoms with E-state index in [9.17, 15) is 9.69 Å². The van der Waals surface area contributed by atoms with E-state index in [4.69, 9.17) is 37.6 Å². The molecule has 5 nitrogen and oxygen atoms in total. The van der Waals surface area contributed by atoms with Crippen molar-refractivity contribution in [2.24, 2.45) is 0 Å². The summed E-state index contributed by atoms with van der Waals surface area (Å²) in [6, 6.07) is 26.4. The molecule has 0 aromatic heterocycles. The van der Waals surface area contributed by atoms with Crippen LogP contribution in [0.15, 0.2) is 84.9 Å². The molecule has 174 valence electrons. The van der Waals surface area contributed by atoms with Gasteiger partial charge in [0.05, 0.1) is 7.11 Å². The number of carbonyl (C=O) groups excluding carboxylic acids is 1. The third-order valence-electron chi connectivity index (χ3n) is 5.18. The van der Waals surface area contributed by atoms with E-state index in [1.807, 2.05) is 78.9 Å². The molecule has 3 rings (SSSR count). The van der Waals surface area contributed by atoms with Gasteiger partial charge in [-0.05, 0) is 19.4 Å². The number of ether oxygens (including phenoxy) is 1. The van der Waals surface area contributed by atoms with Crippen LogP contribution in [0.2, 0.25) is 5.02 Å². The lowest BCUT2D eigenvalue weighted by Crippen LogP contribution is -2.35. The second kappa shape index (κ2) is 11.5. The molecular formula is C25H26ClO5PS. The van der Waals surface area contributed by atoms with Gasteiger partial charge < -0.3 is 17.0 Å². The molecule has 0 aliphatic carbocycles. The van der Waals surface area contributed by atoms with E-state index in [2.05, 4.69) is 0 Å². The normalized spacial score (nSPS) is 14.3. The first kappa shape index (κ1) is 25.7. The van der Waals surface area contributed by atoms with Gasteiger partial charge in [0.15, 0.2) is 5.60 Å². The van der Waals surface area contributed by atoms with E-state index >= 15 is 0 Å². The largest absolute Gasteiger partial charge is 0.459 e. The molecule has 0 saturated carbocycles. The lowest BCUT2D eigenvalue weighted by Gasteiger charge is -2.36. The van der Waals surface area contributed by atoms with Gasteiger partial charge in [0, 0.05) is 28.1 Å². The van der Waals surface area contributed by atoms with Crippen molar-refractivity contribution in [2.45, 2.75) is 31.5 Å². The third kappa shape index (κ3) is 6.36. The average Bonchev–Trinajstić information content (AvgIpc) is 2.82. The SMILES string of the molecule is CO[P+](O)([S-])OC(C)CCC(=O)OC(c1ccccc1)(c1ccccc1)c1ccccc1Cl. The van der Waals surface area contributed by atoms with Crippen LogP contribution in [-0.4, -0.2) is 24.1 Å². The highest BCUT2D eigenvalue weighted by molar-refractivity contribution is 8.35. The molecule has 3 aromatic rings. The molecule has 33 heavy (non-hydrogen) atoms. The standard InChI is InChI=1S/C25H26ClO5PS/c1-19(31-32(28,33)29-2)17-18-24(27)30-25(20-11-5-3-6-12-20,21-13-7-4-8-14-21)22-15-9-10-16-23(22)26/h3-16,19H,17-18H2,1-2H3,(H,28,33). The summed E-state index contributed by atoms with van der Waals surface area (Å²) < 4.78 is 16.5. The predicted octanol–water partition coefficient (Wildman–Crippen LogP) is 6.22. The van der Waals surface area contributed by atoms with Crippen molar-refractivity contribution < 1.29 is 23.5 Å². The highest BCUT2D eigenvalue weighted by Crippen LogP contribution is 2.55. The minimum absolute atomic E-state index is 0.0477. The topological polar surface area (TPSA) is 65.0 Å². The Labute approximate surface area is 205 Å². The van der Waals surface area contributed by atoms with Crippen LogP contribution >= 0.6 is 18.7 Å². The van der Waals surface area contributed by atoms with Crippen LogP contribution in [0.4, 0.5) is 0 Å². The summed E-state index contributed by atoms with van der Waals surface area (Å²) in [4.78, 5) is 23.1. The maximum Gasteiger partial charge on any atom is 0.307 e. The van der Waals surface area contributed by atoms with Gasteiger partial charge in [-0.25, -0.2) is 9.42 Å². The number of carbonyl (C=O) groups is 1. The Hall–Kier alpha value is -1.92. The fraction of sp³-hybridized carbons (Fsp3) is 0.240. The summed E-state index contributed by atoms with van der Waals surface area (Å²) in [7, 11) is -2.03. The summed E-state index contributed by atoms with van der Waals surface area (Å²) >= 11 is 11.5. The van der Waals surface area contributed by atoms with Crippen LogP contribution in [0.25, 0.3) is 0 Å². The molecule has 8 heteroatoms. The van der Waals surface area contributed by atoms with Gasteiger partial charge in [0.25, 0.3) is 7.15 Å². The van der Waals surface area contributed by atoms with Gasteiger partial charge in [-0.2, -0.15) is 4.52 Å². The minimum Gasteiger partial charge on any atom is -0.459 e. The van der Waals surface area contributed by atoms with Crippen LogP contribution in [0.5, 0.6) is 0 Å². The Morgan fingerprint density at radius 3 is 2.03 bits per heavy atom.